The third kappa shape index (κ3) is 23.1. The summed E-state index contributed by atoms with van der Waals surface area (Å²) in [6.07, 6.45) is 20.2. The molecule has 0 radical (unpaired) electrons. The van der Waals surface area contributed by atoms with Crippen molar-refractivity contribution in [2.75, 3.05) is 0 Å². The third-order valence-corrected chi connectivity index (χ3v) is 3.99. The fraction of sp³-hybridized carbons (Fsp3) is 0.944. The maximum Gasteiger partial charge on any atom is 0.303 e. The molecule has 21 heavy (non-hydrogen) atoms. The van der Waals surface area contributed by atoms with Crippen molar-refractivity contribution in [2.24, 2.45) is 0 Å². The number of carbonyl (C=O) groups is 1. The largest absolute Gasteiger partial charge is 0.481 e. The molecule has 0 rings (SSSR count). The van der Waals surface area contributed by atoms with E-state index in [9.17, 15) is 4.79 Å². The molecular formula is C18H36DyO2. The predicted molar refractivity (Wildman–Crippen MR) is 87.2 cm³/mol. The molecule has 0 spiro atoms. The van der Waals surface area contributed by atoms with E-state index in [-0.39, 0.29) is 38.2 Å². The number of unbranched alkanes of at least 4 members (excludes halogenated alkanes) is 14. The zero-order chi connectivity index (χ0) is 14.9. The standard InChI is InChI=1S/C18H36O2.Dy/c1-2-3-4-5-6-7-8-9-10-11-12-13-14-15-16-17-18(19)20;/h2-17H2,1H3,(H,19,20);. The quantitative estimate of drug-likeness (QED) is 0.281. The van der Waals surface area contributed by atoms with Crippen molar-refractivity contribution in [3.63, 3.8) is 0 Å². The van der Waals surface area contributed by atoms with E-state index in [2.05, 4.69) is 6.92 Å². The number of hydrogen-bond donors (Lipinski definition) is 1. The summed E-state index contributed by atoms with van der Waals surface area (Å²) in [7, 11) is 0. The maximum absolute atomic E-state index is 10.3. The average molecular weight is 447 g/mol. The molecule has 0 heterocycles. The van der Waals surface area contributed by atoms with E-state index in [1.54, 1.807) is 0 Å². The summed E-state index contributed by atoms with van der Waals surface area (Å²) in [5.41, 5.74) is 0. The minimum atomic E-state index is -0.653. The van der Waals surface area contributed by atoms with Gasteiger partial charge in [0.25, 0.3) is 0 Å². The fourth-order valence-corrected chi connectivity index (χ4v) is 2.65. The van der Waals surface area contributed by atoms with E-state index in [4.69, 9.17) is 5.11 Å². The van der Waals surface area contributed by atoms with Gasteiger partial charge in [0, 0.05) is 44.6 Å². The van der Waals surface area contributed by atoms with E-state index >= 15 is 0 Å². The molecule has 0 saturated heterocycles. The zero-order valence-electron chi connectivity index (χ0n) is 14.0. The van der Waals surface area contributed by atoms with E-state index in [1.165, 1.54) is 83.5 Å². The number of carboxylic acid groups (broad SMARTS) is 1. The Labute approximate surface area is 162 Å². The van der Waals surface area contributed by atoms with Crippen molar-refractivity contribution in [3.8, 4) is 0 Å². The maximum atomic E-state index is 10.3. The van der Waals surface area contributed by atoms with E-state index in [0.717, 1.165) is 12.8 Å². The topological polar surface area (TPSA) is 37.3 Å². The number of rotatable bonds is 16. The minimum absolute atomic E-state index is 0. The summed E-state index contributed by atoms with van der Waals surface area (Å²) in [5, 5.41) is 8.52. The normalized spacial score (nSPS) is 10.3. The van der Waals surface area contributed by atoms with Gasteiger partial charge in [-0.25, -0.2) is 0 Å². The van der Waals surface area contributed by atoms with Crippen LogP contribution in [0.15, 0.2) is 0 Å². The molecule has 130 valence electrons. The van der Waals surface area contributed by atoms with Crippen molar-refractivity contribution < 1.29 is 48.1 Å². The first-order valence-corrected chi connectivity index (χ1v) is 8.99. The van der Waals surface area contributed by atoms with Crippen LogP contribution in [-0.4, -0.2) is 11.1 Å². The van der Waals surface area contributed by atoms with Crippen LogP contribution < -0.4 is 0 Å². The Balaban J connectivity index is 0. The van der Waals surface area contributed by atoms with E-state index in [1.807, 2.05) is 0 Å². The Morgan fingerprint density at radius 2 is 0.905 bits per heavy atom. The molecule has 0 aromatic heterocycles. The molecule has 1 N–H and O–H groups in total. The molecule has 3 heteroatoms. The zero-order valence-corrected chi connectivity index (χ0v) is 16.0. The molecule has 0 aliphatic carbocycles. The van der Waals surface area contributed by atoms with Crippen LogP contribution in [-0.2, 0) is 4.79 Å². The average Bonchev–Trinajstić information content (AvgIpc) is 2.43. The van der Waals surface area contributed by atoms with Gasteiger partial charge >= 0.3 is 5.97 Å². The van der Waals surface area contributed by atoms with Crippen LogP contribution in [0.2, 0.25) is 0 Å². The third-order valence-electron chi connectivity index (χ3n) is 3.99. The van der Waals surface area contributed by atoms with Crippen LogP contribution in [0.5, 0.6) is 0 Å². The van der Waals surface area contributed by atoms with Gasteiger partial charge in [-0.05, 0) is 6.42 Å². The van der Waals surface area contributed by atoms with Gasteiger partial charge in [-0.15, -0.1) is 0 Å². The predicted octanol–water partition coefficient (Wildman–Crippen LogP) is 6.33. The Morgan fingerprint density at radius 3 is 1.19 bits per heavy atom. The first-order chi connectivity index (χ1) is 9.77. The fourth-order valence-electron chi connectivity index (χ4n) is 2.65. The van der Waals surface area contributed by atoms with Gasteiger partial charge < -0.3 is 5.11 Å². The Morgan fingerprint density at radius 1 is 0.619 bits per heavy atom. The first-order valence-electron chi connectivity index (χ1n) is 8.99. The summed E-state index contributed by atoms with van der Waals surface area (Å²) in [4.78, 5) is 10.3. The second-order valence-electron chi connectivity index (χ2n) is 6.09. The molecule has 0 aromatic carbocycles. The molecule has 0 atom stereocenters. The number of hydrogen-bond acceptors (Lipinski definition) is 1. The van der Waals surface area contributed by atoms with Crippen molar-refractivity contribution in [2.45, 2.75) is 110 Å². The molecule has 2 nitrogen and oxygen atoms in total. The van der Waals surface area contributed by atoms with Crippen molar-refractivity contribution >= 4 is 5.97 Å². The van der Waals surface area contributed by atoms with Gasteiger partial charge in [0.15, 0.2) is 0 Å². The van der Waals surface area contributed by atoms with Crippen LogP contribution in [0.4, 0.5) is 0 Å². The van der Waals surface area contributed by atoms with Gasteiger partial charge in [-0.1, -0.05) is 96.8 Å². The summed E-state index contributed by atoms with van der Waals surface area (Å²) < 4.78 is 0. The van der Waals surface area contributed by atoms with Crippen LogP contribution in [0.3, 0.4) is 0 Å². The summed E-state index contributed by atoms with van der Waals surface area (Å²) >= 11 is 0. The molecule has 0 aliphatic rings. The second kappa shape index (κ2) is 20.7. The SMILES string of the molecule is CCCCCCCCCCCCCCCCCC(=O)O.[Dy]. The molecule has 0 aromatic rings. The molecule has 0 unspecified atom stereocenters. The second-order valence-corrected chi connectivity index (χ2v) is 6.09. The molecular weight excluding hydrogens is 411 g/mol. The number of carboxylic acids is 1. The Bertz CT molecular complexity index is 207. The Kier molecular flexibility index (Phi) is 23.7. The summed E-state index contributed by atoms with van der Waals surface area (Å²) in [6.45, 7) is 2.27. The van der Waals surface area contributed by atoms with E-state index < -0.39 is 5.97 Å². The Hall–Kier alpha value is 0.743. The first kappa shape index (κ1) is 24.0. The van der Waals surface area contributed by atoms with Gasteiger partial charge in [-0.2, -0.15) is 0 Å². The van der Waals surface area contributed by atoms with Crippen LogP contribution in [0.25, 0.3) is 0 Å². The van der Waals surface area contributed by atoms with Gasteiger partial charge in [-0.3, -0.25) is 4.79 Å². The molecule has 0 saturated carbocycles. The molecule has 0 fully saturated rings. The molecule has 0 aliphatic heterocycles. The van der Waals surface area contributed by atoms with Crippen LogP contribution in [0.1, 0.15) is 110 Å². The van der Waals surface area contributed by atoms with Gasteiger partial charge in [0.2, 0.25) is 0 Å². The van der Waals surface area contributed by atoms with Crippen LogP contribution >= 0.6 is 0 Å². The molecule has 0 bridgehead atoms. The van der Waals surface area contributed by atoms with E-state index in [0.29, 0.717) is 6.42 Å². The number of aliphatic carboxylic acids is 1. The van der Waals surface area contributed by atoms with Gasteiger partial charge in [0.05, 0.1) is 0 Å². The summed E-state index contributed by atoms with van der Waals surface area (Å²) in [6, 6.07) is 0. The van der Waals surface area contributed by atoms with Gasteiger partial charge in [0.1, 0.15) is 0 Å². The monoisotopic (exact) mass is 448 g/mol. The van der Waals surface area contributed by atoms with Crippen molar-refractivity contribution in [3.05, 3.63) is 0 Å². The van der Waals surface area contributed by atoms with Crippen molar-refractivity contribution in [1.29, 1.82) is 0 Å². The minimum Gasteiger partial charge on any atom is -0.481 e. The smallest absolute Gasteiger partial charge is 0.303 e. The van der Waals surface area contributed by atoms with Crippen molar-refractivity contribution in [1.82, 2.24) is 0 Å². The van der Waals surface area contributed by atoms with Crippen LogP contribution in [0, 0.1) is 38.2 Å². The summed E-state index contributed by atoms with van der Waals surface area (Å²) in [5.74, 6) is -0.653. The molecule has 0 amide bonds.